The first kappa shape index (κ1) is 21.5. The Morgan fingerprint density at radius 1 is 1.37 bits per heavy atom. The number of halogens is 5. The average Bonchev–Trinajstić information content (AvgIpc) is 3.02. The Hall–Kier alpha value is -1.79. The van der Waals surface area contributed by atoms with Gasteiger partial charge in [0.1, 0.15) is 0 Å². The largest absolute Gasteiger partial charge is 0.464 e. The van der Waals surface area contributed by atoms with Crippen molar-refractivity contribution < 1.29 is 55.2 Å². The van der Waals surface area contributed by atoms with Crippen molar-refractivity contribution in [1.29, 1.82) is 0 Å². The molecule has 12 heteroatoms. The molecule has 0 aromatic heterocycles. The highest BCUT2D eigenvalue weighted by Gasteiger charge is 2.86. The van der Waals surface area contributed by atoms with Gasteiger partial charge in [-0.1, -0.05) is 6.58 Å². The van der Waals surface area contributed by atoms with E-state index in [1.54, 1.807) is 0 Å². The lowest BCUT2D eigenvalue weighted by Crippen LogP contribution is -2.67. The molecule has 0 aliphatic carbocycles. The quantitative estimate of drug-likeness (QED) is 0.379. The number of alkyl halides is 5. The summed E-state index contributed by atoms with van der Waals surface area (Å²) in [7, 11) is 0.926. The van der Waals surface area contributed by atoms with Gasteiger partial charge in [0.25, 0.3) is 0 Å². The first-order valence-corrected chi connectivity index (χ1v) is 7.64. The zero-order chi connectivity index (χ0) is 20.7. The molecule has 0 N–H and O–H groups in total. The highest BCUT2D eigenvalue weighted by atomic mass is 19.4. The van der Waals surface area contributed by atoms with Crippen LogP contribution in [0.1, 0.15) is 13.3 Å². The van der Waals surface area contributed by atoms with Crippen LogP contribution in [0, 0.1) is 0 Å². The number of methoxy groups -OCH3 is 1. The molecule has 2 aliphatic rings. The second kappa shape index (κ2) is 6.99. The first-order chi connectivity index (χ1) is 12.3. The van der Waals surface area contributed by atoms with Crippen LogP contribution in [-0.4, -0.2) is 68.5 Å². The molecule has 2 saturated heterocycles. The highest BCUT2D eigenvalue weighted by Crippen LogP contribution is 2.57. The van der Waals surface area contributed by atoms with E-state index in [9.17, 15) is 22.8 Å². The standard InChI is InChI=1S/C15H17F5O7/c1-8(2)10(21)27-12(6-23-3)7-25-14(13(12,16)17,15(18,19)20)26-9-4-5-24-11(9)22/h9H,1,4-7H2,2-3H3. The van der Waals surface area contributed by atoms with E-state index in [4.69, 9.17) is 0 Å². The molecule has 7 nitrogen and oxygen atoms in total. The smallest absolute Gasteiger partial charge is 0.450 e. The molecule has 0 spiro atoms. The number of rotatable bonds is 6. The number of cyclic esters (lactones) is 1. The number of carbonyl (C=O) groups excluding carboxylic acids is 2. The molecule has 0 amide bonds. The summed E-state index contributed by atoms with van der Waals surface area (Å²) in [5, 5.41) is 0. The third kappa shape index (κ3) is 3.29. The van der Waals surface area contributed by atoms with Gasteiger partial charge in [-0.25, -0.2) is 9.59 Å². The van der Waals surface area contributed by atoms with Gasteiger partial charge in [0.2, 0.25) is 5.60 Å². The van der Waals surface area contributed by atoms with Gasteiger partial charge in [0.15, 0.2) is 6.10 Å². The average molecular weight is 404 g/mol. The van der Waals surface area contributed by atoms with Crippen LogP contribution in [0.5, 0.6) is 0 Å². The Morgan fingerprint density at radius 3 is 2.44 bits per heavy atom. The third-order valence-corrected chi connectivity index (χ3v) is 4.08. The van der Waals surface area contributed by atoms with Gasteiger partial charge < -0.3 is 23.7 Å². The SMILES string of the molecule is C=C(C)C(=O)OC1(COC)COC(OC2CCOC2=O)(C(F)(F)F)C1(F)F. The molecule has 27 heavy (non-hydrogen) atoms. The van der Waals surface area contributed by atoms with Crippen LogP contribution in [0.15, 0.2) is 12.2 Å². The summed E-state index contributed by atoms with van der Waals surface area (Å²) >= 11 is 0. The summed E-state index contributed by atoms with van der Waals surface area (Å²) in [5.41, 5.74) is -3.48. The van der Waals surface area contributed by atoms with E-state index in [2.05, 4.69) is 30.3 Å². The first-order valence-electron chi connectivity index (χ1n) is 7.64. The van der Waals surface area contributed by atoms with Gasteiger partial charge in [-0.05, 0) is 6.92 Å². The van der Waals surface area contributed by atoms with Crippen LogP contribution in [0.3, 0.4) is 0 Å². The Bertz CT molecular complexity index is 635. The zero-order valence-electron chi connectivity index (χ0n) is 14.4. The lowest BCUT2D eigenvalue weighted by Gasteiger charge is -2.40. The molecule has 0 radical (unpaired) electrons. The predicted molar refractivity (Wildman–Crippen MR) is 75.6 cm³/mol. The van der Waals surface area contributed by atoms with E-state index in [0.29, 0.717) is 0 Å². The maximum Gasteiger partial charge on any atom is 0.450 e. The van der Waals surface area contributed by atoms with E-state index < -0.39 is 54.7 Å². The number of ether oxygens (including phenoxy) is 5. The normalized spacial score (nSPS) is 33.0. The second-order valence-electron chi connectivity index (χ2n) is 6.14. The van der Waals surface area contributed by atoms with Crippen molar-refractivity contribution in [3.63, 3.8) is 0 Å². The summed E-state index contributed by atoms with van der Waals surface area (Å²) in [6.07, 6.45) is -8.09. The zero-order valence-corrected chi connectivity index (χ0v) is 14.4. The fraction of sp³-hybridized carbons (Fsp3) is 0.733. The fourth-order valence-electron chi connectivity index (χ4n) is 2.67. The summed E-state index contributed by atoms with van der Waals surface area (Å²) < 4.78 is 93.9. The van der Waals surface area contributed by atoms with Crippen LogP contribution in [0.25, 0.3) is 0 Å². The number of hydrogen-bond acceptors (Lipinski definition) is 7. The number of esters is 2. The maximum atomic E-state index is 15.2. The molecule has 2 fully saturated rings. The predicted octanol–water partition coefficient (Wildman–Crippen LogP) is 1.75. The molecular formula is C15H17F5O7. The van der Waals surface area contributed by atoms with E-state index in [1.165, 1.54) is 0 Å². The Kier molecular flexibility index (Phi) is 5.56. The minimum Gasteiger partial charge on any atom is -0.464 e. The monoisotopic (exact) mass is 404 g/mol. The molecule has 0 aromatic rings. The highest BCUT2D eigenvalue weighted by molar-refractivity contribution is 5.87. The number of hydrogen-bond donors (Lipinski definition) is 0. The minimum absolute atomic E-state index is 0.295. The summed E-state index contributed by atoms with van der Waals surface area (Å²) in [6.45, 7) is 1.50. The maximum absolute atomic E-state index is 15.2. The molecule has 0 saturated carbocycles. The topological polar surface area (TPSA) is 80.3 Å². The van der Waals surface area contributed by atoms with Crippen molar-refractivity contribution in [2.75, 3.05) is 26.9 Å². The molecule has 154 valence electrons. The van der Waals surface area contributed by atoms with Gasteiger partial charge >= 0.3 is 29.8 Å². The third-order valence-electron chi connectivity index (χ3n) is 4.08. The molecule has 2 heterocycles. The summed E-state index contributed by atoms with van der Waals surface area (Å²) in [6, 6.07) is 0. The van der Waals surface area contributed by atoms with Gasteiger partial charge in [0, 0.05) is 19.1 Å². The van der Waals surface area contributed by atoms with E-state index in [-0.39, 0.29) is 18.6 Å². The van der Waals surface area contributed by atoms with E-state index in [0.717, 1.165) is 14.0 Å². The van der Waals surface area contributed by atoms with Crippen LogP contribution < -0.4 is 0 Å². The summed E-state index contributed by atoms with van der Waals surface area (Å²) in [4.78, 5) is 23.2. The fourth-order valence-corrected chi connectivity index (χ4v) is 2.67. The van der Waals surface area contributed by atoms with Gasteiger partial charge in [-0.3, -0.25) is 0 Å². The van der Waals surface area contributed by atoms with E-state index in [1.807, 2.05) is 0 Å². The van der Waals surface area contributed by atoms with Crippen LogP contribution in [-0.2, 0) is 33.3 Å². The van der Waals surface area contributed by atoms with Crippen LogP contribution in [0.4, 0.5) is 22.0 Å². The van der Waals surface area contributed by atoms with Crippen molar-refractivity contribution in [3.8, 4) is 0 Å². The van der Waals surface area contributed by atoms with Crippen LogP contribution in [0.2, 0.25) is 0 Å². The molecular weight excluding hydrogens is 387 g/mol. The van der Waals surface area contributed by atoms with Crippen molar-refractivity contribution in [1.82, 2.24) is 0 Å². The van der Waals surface area contributed by atoms with Crippen molar-refractivity contribution >= 4 is 11.9 Å². The van der Waals surface area contributed by atoms with E-state index >= 15 is 8.78 Å². The molecule has 2 aliphatic heterocycles. The van der Waals surface area contributed by atoms with Crippen molar-refractivity contribution in [2.45, 2.75) is 42.9 Å². The second-order valence-corrected chi connectivity index (χ2v) is 6.14. The van der Waals surface area contributed by atoms with Gasteiger partial charge in [-0.2, -0.15) is 22.0 Å². The van der Waals surface area contributed by atoms with Gasteiger partial charge in [0.05, 0.1) is 19.8 Å². The minimum atomic E-state index is -5.79. The van der Waals surface area contributed by atoms with Crippen molar-refractivity contribution in [3.05, 3.63) is 12.2 Å². The molecule has 0 aromatic carbocycles. The molecule has 2 rings (SSSR count). The summed E-state index contributed by atoms with van der Waals surface area (Å²) in [5.74, 6) is -12.1. The Morgan fingerprint density at radius 2 is 2.00 bits per heavy atom. The lowest BCUT2D eigenvalue weighted by molar-refractivity contribution is -0.429. The lowest BCUT2D eigenvalue weighted by atomic mass is 9.92. The Balaban J connectivity index is 2.50. The molecule has 3 unspecified atom stereocenters. The number of carbonyl (C=O) groups is 2. The Labute approximate surface area is 150 Å². The van der Waals surface area contributed by atoms with Crippen LogP contribution >= 0.6 is 0 Å². The molecule has 0 bridgehead atoms. The van der Waals surface area contributed by atoms with Crippen molar-refractivity contribution in [2.24, 2.45) is 0 Å². The van der Waals surface area contributed by atoms with Gasteiger partial charge in [-0.15, -0.1) is 0 Å². The molecule has 3 atom stereocenters.